The number of carbonyl (C=O) groups excluding carboxylic acids is 2. The SMILES string of the molecule is Cc1c(C(=O)Nc2nnc(SCC(=O)NCc3ccco3)s2)cccc1[N+](=O)[O-]. The van der Waals surface area contributed by atoms with E-state index in [-0.39, 0.29) is 33.6 Å². The molecule has 2 aromatic heterocycles. The fourth-order valence-corrected chi connectivity index (χ4v) is 3.90. The highest BCUT2D eigenvalue weighted by atomic mass is 32.2. The van der Waals surface area contributed by atoms with E-state index in [4.69, 9.17) is 4.42 Å². The number of furan rings is 1. The minimum atomic E-state index is -0.539. The van der Waals surface area contributed by atoms with Crippen LogP contribution >= 0.6 is 23.1 Å². The second-order valence-electron chi connectivity index (χ2n) is 5.68. The Hall–Kier alpha value is -3.25. The van der Waals surface area contributed by atoms with E-state index in [1.165, 1.54) is 43.1 Å². The lowest BCUT2D eigenvalue weighted by Crippen LogP contribution is -2.24. The summed E-state index contributed by atoms with van der Waals surface area (Å²) in [6.45, 7) is 1.81. The molecule has 0 bridgehead atoms. The van der Waals surface area contributed by atoms with Crippen LogP contribution in [0.3, 0.4) is 0 Å². The molecule has 0 fully saturated rings. The number of hydrogen-bond acceptors (Lipinski definition) is 9. The zero-order valence-electron chi connectivity index (χ0n) is 15.1. The van der Waals surface area contributed by atoms with Crippen molar-refractivity contribution in [3.05, 3.63) is 63.6 Å². The van der Waals surface area contributed by atoms with Gasteiger partial charge in [0.15, 0.2) is 4.34 Å². The van der Waals surface area contributed by atoms with E-state index in [2.05, 4.69) is 20.8 Å². The highest BCUT2D eigenvalue weighted by Gasteiger charge is 2.19. The van der Waals surface area contributed by atoms with E-state index >= 15 is 0 Å². The Balaban J connectivity index is 1.53. The van der Waals surface area contributed by atoms with Crippen molar-refractivity contribution in [2.75, 3.05) is 11.1 Å². The third-order valence-corrected chi connectivity index (χ3v) is 5.71. The molecule has 0 radical (unpaired) electrons. The molecule has 10 nitrogen and oxygen atoms in total. The normalized spacial score (nSPS) is 10.5. The first kappa shape index (κ1) is 20.5. The number of nitrogens with zero attached hydrogens (tertiary/aromatic N) is 3. The van der Waals surface area contributed by atoms with Gasteiger partial charge in [-0.05, 0) is 25.1 Å². The number of amides is 2. The first-order valence-electron chi connectivity index (χ1n) is 8.25. The van der Waals surface area contributed by atoms with E-state index in [1.807, 2.05) is 0 Å². The maximum Gasteiger partial charge on any atom is 0.273 e. The molecule has 0 saturated heterocycles. The molecule has 29 heavy (non-hydrogen) atoms. The van der Waals surface area contributed by atoms with Crippen molar-refractivity contribution in [1.29, 1.82) is 0 Å². The summed E-state index contributed by atoms with van der Waals surface area (Å²) in [6.07, 6.45) is 1.53. The van der Waals surface area contributed by atoms with Crippen LogP contribution in [-0.2, 0) is 11.3 Å². The van der Waals surface area contributed by atoms with Crippen molar-refractivity contribution in [3.63, 3.8) is 0 Å². The van der Waals surface area contributed by atoms with Crippen LogP contribution in [-0.4, -0.2) is 32.7 Å². The standard InChI is InChI=1S/C17H15N5O5S2/c1-10-12(5-2-6-13(10)22(25)26)15(24)19-16-20-21-17(29-16)28-9-14(23)18-8-11-4-3-7-27-11/h2-7H,8-9H2,1H3,(H,18,23)(H,19,20,24). The predicted octanol–water partition coefficient (Wildman–Crippen LogP) is 3.01. The Morgan fingerprint density at radius 3 is 2.83 bits per heavy atom. The van der Waals surface area contributed by atoms with Crippen LogP contribution in [0.15, 0.2) is 45.4 Å². The molecule has 12 heteroatoms. The van der Waals surface area contributed by atoms with Gasteiger partial charge in [0.05, 0.1) is 23.5 Å². The summed E-state index contributed by atoms with van der Waals surface area (Å²) in [5.74, 6) is 0.0722. The lowest BCUT2D eigenvalue weighted by Gasteiger charge is -2.05. The molecule has 0 aliphatic rings. The summed E-state index contributed by atoms with van der Waals surface area (Å²) in [5.41, 5.74) is 0.315. The van der Waals surface area contributed by atoms with Gasteiger partial charge >= 0.3 is 0 Å². The van der Waals surface area contributed by atoms with Gasteiger partial charge in [-0.15, -0.1) is 10.2 Å². The summed E-state index contributed by atoms with van der Waals surface area (Å²) in [6, 6.07) is 7.78. The van der Waals surface area contributed by atoms with Crippen molar-refractivity contribution in [2.45, 2.75) is 17.8 Å². The zero-order valence-corrected chi connectivity index (χ0v) is 16.7. The van der Waals surface area contributed by atoms with Gasteiger partial charge in [-0.3, -0.25) is 25.0 Å². The number of carbonyl (C=O) groups is 2. The molecule has 150 valence electrons. The lowest BCUT2D eigenvalue weighted by molar-refractivity contribution is -0.385. The summed E-state index contributed by atoms with van der Waals surface area (Å²) in [7, 11) is 0. The summed E-state index contributed by atoms with van der Waals surface area (Å²) < 4.78 is 5.64. The van der Waals surface area contributed by atoms with Crippen LogP contribution in [0.5, 0.6) is 0 Å². The highest BCUT2D eigenvalue weighted by molar-refractivity contribution is 8.01. The number of hydrogen-bond donors (Lipinski definition) is 2. The number of aromatic nitrogens is 2. The van der Waals surface area contributed by atoms with Crippen LogP contribution in [0.2, 0.25) is 0 Å². The number of anilines is 1. The number of benzene rings is 1. The smallest absolute Gasteiger partial charge is 0.273 e. The van der Waals surface area contributed by atoms with Gasteiger partial charge in [0.1, 0.15) is 5.76 Å². The average Bonchev–Trinajstić information content (AvgIpc) is 3.36. The molecule has 3 rings (SSSR count). The van der Waals surface area contributed by atoms with Crippen molar-refractivity contribution in [2.24, 2.45) is 0 Å². The zero-order chi connectivity index (χ0) is 20.8. The van der Waals surface area contributed by atoms with E-state index in [0.29, 0.717) is 16.6 Å². The monoisotopic (exact) mass is 433 g/mol. The first-order chi connectivity index (χ1) is 13.9. The van der Waals surface area contributed by atoms with Gasteiger partial charge in [0, 0.05) is 17.2 Å². The Labute approximate surface area is 172 Å². The van der Waals surface area contributed by atoms with Crippen LogP contribution in [0.25, 0.3) is 0 Å². The summed E-state index contributed by atoms with van der Waals surface area (Å²) in [5, 5.41) is 24.3. The Morgan fingerprint density at radius 1 is 1.28 bits per heavy atom. The van der Waals surface area contributed by atoms with Gasteiger partial charge in [-0.1, -0.05) is 29.2 Å². The molecule has 0 saturated carbocycles. The summed E-state index contributed by atoms with van der Waals surface area (Å²) >= 11 is 2.29. The predicted molar refractivity (Wildman–Crippen MR) is 107 cm³/mol. The molecule has 2 amide bonds. The Morgan fingerprint density at radius 2 is 2.10 bits per heavy atom. The minimum Gasteiger partial charge on any atom is -0.467 e. The largest absolute Gasteiger partial charge is 0.467 e. The molecule has 0 atom stereocenters. The fourth-order valence-electron chi connectivity index (χ4n) is 2.33. The molecule has 0 aliphatic heterocycles. The third kappa shape index (κ3) is 5.39. The van der Waals surface area contributed by atoms with Gasteiger partial charge in [-0.2, -0.15) is 0 Å². The second kappa shape index (κ2) is 9.30. The van der Waals surface area contributed by atoms with Crippen molar-refractivity contribution < 1.29 is 18.9 Å². The van der Waals surface area contributed by atoms with Gasteiger partial charge in [0.2, 0.25) is 11.0 Å². The Kier molecular flexibility index (Phi) is 6.57. The molecule has 3 aromatic rings. The quantitative estimate of drug-likeness (QED) is 0.239. The molecule has 0 unspecified atom stereocenters. The fraction of sp³-hybridized carbons (Fsp3) is 0.176. The third-order valence-electron chi connectivity index (χ3n) is 3.74. The molecular weight excluding hydrogens is 418 g/mol. The topological polar surface area (TPSA) is 140 Å². The minimum absolute atomic E-state index is 0.132. The number of nitro benzene ring substituents is 1. The molecule has 0 spiro atoms. The van der Waals surface area contributed by atoms with E-state index in [1.54, 1.807) is 12.1 Å². The maximum absolute atomic E-state index is 12.4. The van der Waals surface area contributed by atoms with E-state index in [0.717, 1.165) is 11.3 Å². The van der Waals surface area contributed by atoms with Crippen LogP contribution in [0.4, 0.5) is 10.8 Å². The van der Waals surface area contributed by atoms with Crippen molar-refractivity contribution >= 4 is 45.7 Å². The first-order valence-corrected chi connectivity index (χ1v) is 10.0. The molecule has 2 heterocycles. The number of nitrogens with one attached hydrogen (secondary N) is 2. The Bertz CT molecular complexity index is 1030. The van der Waals surface area contributed by atoms with Gasteiger partial charge in [-0.25, -0.2) is 0 Å². The van der Waals surface area contributed by atoms with Crippen LogP contribution in [0, 0.1) is 17.0 Å². The van der Waals surface area contributed by atoms with Crippen LogP contribution in [0.1, 0.15) is 21.7 Å². The second-order valence-corrected chi connectivity index (χ2v) is 7.88. The molecule has 1 aromatic carbocycles. The molecule has 0 aliphatic carbocycles. The highest BCUT2D eigenvalue weighted by Crippen LogP contribution is 2.27. The number of thioether (sulfide) groups is 1. The molecular formula is C17H15N5O5S2. The lowest BCUT2D eigenvalue weighted by atomic mass is 10.1. The van der Waals surface area contributed by atoms with Gasteiger partial charge < -0.3 is 9.73 Å². The van der Waals surface area contributed by atoms with E-state index in [9.17, 15) is 19.7 Å². The van der Waals surface area contributed by atoms with E-state index < -0.39 is 10.8 Å². The molecule has 2 N–H and O–H groups in total. The average molecular weight is 433 g/mol. The summed E-state index contributed by atoms with van der Waals surface area (Å²) in [4.78, 5) is 34.7. The van der Waals surface area contributed by atoms with Crippen molar-refractivity contribution in [3.8, 4) is 0 Å². The van der Waals surface area contributed by atoms with Gasteiger partial charge in [0.25, 0.3) is 11.6 Å². The number of nitro groups is 1. The van der Waals surface area contributed by atoms with Crippen LogP contribution < -0.4 is 10.6 Å². The van der Waals surface area contributed by atoms with Crippen molar-refractivity contribution in [1.82, 2.24) is 15.5 Å². The number of rotatable bonds is 8. The maximum atomic E-state index is 12.4.